The molecule has 1 heterocycles. The van der Waals surface area contributed by atoms with Crippen molar-refractivity contribution in [2.75, 3.05) is 18.3 Å². The molecular formula is C17H16F2N2O3S2. The number of thioether (sulfide) groups is 1. The summed E-state index contributed by atoms with van der Waals surface area (Å²) in [5, 5.41) is 0.262. The summed E-state index contributed by atoms with van der Waals surface area (Å²) >= 11 is 1.18. The maximum atomic E-state index is 14.1. The second-order valence-electron chi connectivity index (χ2n) is 6.16. The summed E-state index contributed by atoms with van der Waals surface area (Å²) < 4.78 is 50.7. The Morgan fingerprint density at radius 3 is 2.46 bits per heavy atom. The number of halogens is 2. The summed E-state index contributed by atoms with van der Waals surface area (Å²) in [5.74, 6) is -4.05. The molecule has 26 heavy (non-hydrogen) atoms. The van der Waals surface area contributed by atoms with Gasteiger partial charge in [-0.25, -0.2) is 18.4 Å². The summed E-state index contributed by atoms with van der Waals surface area (Å²) in [6.07, 6.45) is 2.59. The molecule has 0 unspecified atom stereocenters. The number of rotatable bonds is 5. The Morgan fingerprint density at radius 1 is 1.23 bits per heavy atom. The van der Waals surface area contributed by atoms with Crippen LogP contribution in [0.2, 0.25) is 0 Å². The van der Waals surface area contributed by atoms with Gasteiger partial charge in [-0.15, -0.1) is 0 Å². The molecular weight excluding hydrogens is 382 g/mol. The highest BCUT2D eigenvalue weighted by Crippen LogP contribution is 2.44. The molecule has 5 nitrogen and oxygen atoms in total. The van der Waals surface area contributed by atoms with E-state index < -0.39 is 27.3 Å². The number of Topliss-reactive ketones (excluding diaryl/α,β-unsaturated/α-hetero) is 1. The number of hydrogen-bond donors (Lipinski definition) is 0. The van der Waals surface area contributed by atoms with Crippen molar-refractivity contribution in [3.05, 3.63) is 41.1 Å². The predicted molar refractivity (Wildman–Crippen MR) is 95.5 cm³/mol. The molecule has 3 rings (SSSR count). The van der Waals surface area contributed by atoms with Gasteiger partial charge in [0, 0.05) is 29.4 Å². The Morgan fingerprint density at radius 2 is 1.88 bits per heavy atom. The van der Waals surface area contributed by atoms with Crippen molar-refractivity contribution in [1.29, 1.82) is 0 Å². The van der Waals surface area contributed by atoms with Gasteiger partial charge in [0.25, 0.3) is 5.92 Å². The molecule has 0 bridgehead atoms. The fraction of sp³-hybridized carbons (Fsp3) is 0.353. The van der Waals surface area contributed by atoms with Gasteiger partial charge in [-0.2, -0.15) is 8.78 Å². The lowest BCUT2D eigenvalue weighted by Crippen LogP contribution is -2.14. The van der Waals surface area contributed by atoms with Gasteiger partial charge in [-0.1, -0.05) is 36.0 Å². The Kier molecular flexibility index (Phi) is 4.87. The van der Waals surface area contributed by atoms with Crippen LogP contribution in [0, 0.1) is 0 Å². The first kappa shape index (κ1) is 18.9. The molecule has 0 N–H and O–H groups in total. The fourth-order valence-electron chi connectivity index (χ4n) is 2.87. The number of carbonyl (C=O) groups is 1. The number of alkyl halides is 2. The standard InChI is InChI=1S/C17H16F2N2O3S2/c1-25-16-20-14(12-7-8-17(18,19)15(12)21-16)11-5-3-10(4-6-11)13(22)9-26(2,23)24/h3-6H,7-9H2,1-2H3. The van der Waals surface area contributed by atoms with Gasteiger partial charge in [-0.3, -0.25) is 4.79 Å². The first-order valence-corrected chi connectivity index (χ1v) is 11.0. The molecule has 0 amide bonds. The third-order valence-corrected chi connectivity index (χ3v) is 5.41. The third-order valence-electron chi connectivity index (χ3n) is 4.08. The molecule has 1 aromatic carbocycles. The molecule has 1 aromatic heterocycles. The molecule has 0 saturated carbocycles. The highest BCUT2D eigenvalue weighted by atomic mass is 32.2. The zero-order valence-corrected chi connectivity index (χ0v) is 15.8. The Balaban J connectivity index is 2.00. The first-order chi connectivity index (χ1) is 12.1. The second kappa shape index (κ2) is 6.70. The summed E-state index contributed by atoms with van der Waals surface area (Å²) in [5.41, 5.74) is 1.46. The van der Waals surface area contributed by atoms with Crippen LogP contribution in [0.1, 0.15) is 28.0 Å². The van der Waals surface area contributed by atoms with Gasteiger partial charge in [0.15, 0.2) is 20.8 Å². The second-order valence-corrected chi connectivity index (χ2v) is 9.07. The minimum absolute atomic E-state index is 0.182. The maximum absolute atomic E-state index is 14.1. The lowest BCUT2D eigenvalue weighted by atomic mass is 10.0. The van der Waals surface area contributed by atoms with Crippen LogP contribution in [-0.4, -0.2) is 42.4 Å². The maximum Gasteiger partial charge on any atom is 0.290 e. The van der Waals surface area contributed by atoms with Crippen LogP contribution in [0.25, 0.3) is 11.3 Å². The Labute approximate surface area is 154 Å². The van der Waals surface area contributed by atoms with Crippen LogP contribution in [0.5, 0.6) is 0 Å². The molecule has 0 fully saturated rings. The monoisotopic (exact) mass is 398 g/mol. The highest BCUT2D eigenvalue weighted by Gasteiger charge is 2.43. The van der Waals surface area contributed by atoms with E-state index in [-0.39, 0.29) is 29.3 Å². The van der Waals surface area contributed by atoms with E-state index in [1.807, 2.05) is 0 Å². The Hall–Kier alpha value is -1.87. The smallest absolute Gasteiger partial charge is 0.290 e. The van der Waals surface area contributed by atoms with E-state index in [1.165, 1.54) is 23.9 Å². The highest BCUT2D eigenvalue weighted by molar-refractivity contribution is 7.98. The van der Waals surface area contributed by atoms with Gasteiger partial charge in [-0.05, 0) is 12.7 Å². The topological polar surface area (TPSA) is 77.0 Å². The molecule has 138 valence electrons. The van der Waals surface area contributed by atoms with Crippen molar-refractivity contribution >= 4 is 27.4 Å². The SMILES string of the molecule is CSc1nc(-c2ccc(C(=O)CS(C)(=O)=O)cc2)c2c(n1)C(F)(F)CC2. The zero-order chi connectivity index (χ0) is 19.1. The molecule has 0 saturated heterocycles. The Bertz CT molecular complexity index is 974. The number of carbonyl (C=O) groups excluding carboxylic acids is 1. The molecule has 1 aliphatic rings. The van der Waals surface area contributed by atoms with E-state index >= 15 is 0 Å². The van der Waals surface area contributed by atoms with E-state index in [1.54, 1.807) is 18.4 Å². The van der Waals surface area contributed by atoms with Crippen LogP contribution < -0.4 is 0 Å². The summed E-state index contributed by atoms with van der Waals surface area (Å²) in [7, 11) is -3.42. The van der Waals surface area contributed by atoms with Gasteiger partial charge in [0.1, 0.15) is 11.4 Å². The fourth-order valence-corrected chi connectivity index (χ4v) is 3.88. The van der Waals surface area contributed by atoms with E-state index in [2.05, 4.69) is 9.97 Å². The number of nitrogens with zero attached hydrogens (tertiary/aromatic N) is 2. The van der Waals surface area contributed by atoms with Crippen LogP contribution >= 0.6 is 11.8 Å². The van der Waals surface area contributed by atoms with Crippen LogP contribution in [-0.2, 0) is 22.2 Å². The third kappa shape index (κ3) is 3.78. The number of ketones is 1. The van der Waals surface area contributed by atoms with Crippen molar-refractivity contribution in [2.45, 2.75) is 23.9 Å². The molecule has 2 aromatic rings. The number of benzene rings is 1. The van der Waals surface area contributed by atoms with E-state index in [0.717, 1.165) is 6.26 Å². The van der Waals surface area contributed by atoms with Crippen molar-refractivity contribution < 1.29 is 22.0 Å². The lowest BCUT2D eigenvalue weighted by molar-refractivity contribution is -0.00651. The zero-order valence-electron chi connectivity index (χ0n) is 14.1. The van der Waals surface area contributed by atoms with E-state index in [0.29, 0.717) is 16.8 Å². The van der Waals surface area contributed by atoms with Crippen molar-refractivity contribution in [3.63, 3.8) is 0 Å². The molecule has 9 heteroatoms. The quantitative estimate of drug-likeness (QED) is 0.438. The first-order valence-electron chi connectivity index (χ1n) is 7.75. The number of fused-ring (bicyclic) bond motifs is 1. The molecule has 0 spiro atoms. The largest absolute Gasteiger partial charge is 0.293 e. The average Bonchev–Trinajstić information content (AvgIpc) is 2.88. The number of sulfone groups is 1. The number of aromatic nitrogens is 2. The summed E-state index contributed by atoms with van der Waals surface area (Å²) in [6.45, 7) is 0. The van der Waals surface area contributed by atoms with Crippen LogP contribution in [0.15, 0.2) is 29.4 Å². The van der Waals surface area contributed by atoms with E-state index in [4.69, 9.17) is 0 Å². The van der Waals surface area contributed by atoms with E-state index in [9.17, 15) is 22.0 Å². The van der Waals surface area contributed by atoms with Gasteiger partial charge >= 0.3 is 0 Å². The predicted octanol–water partition coefficient (Wildman–Crippen LogP) is 3.13. The minimum Gasteiger partial charge on any atom is -0.293 e. The summed E-state index contributed by atoms with van der Waals surface area (Å²) in [4.78, 5) is 20.3. The summed E-state index contributed by atoms with van der Waals surface area (Å²) in [6, 6.07) is 6.17. The van der Waals surface area contributed by atoms with Crippen molar-refractivity contribution in [3.8, 4) is 11.3 Å². The van der Waals surface area contributed by atoms with Crippen LogP contribution in [0.4, 0.5) is 8.78 Å². The average molecular weight is 398 g/mol. The molecule has 0 atom stereocenters. The van der Waals surface area contributed by atoms with Gasteiger partial charge in [0.05, 0.1) is 5.69 Å². The van der Waals surface area contributed by atoms with Gasteiger partial charge < -0.3 is 0 Å². The molecule has 0 aliphatic heterocycles. The van der Waals surface area contributed by atoms with Crippen molar-refractivity contribution in [2.24, 2.45) is 0 Å². The minimum atomic E-state index is -3.42. The van der Waals surface area contributed by atoms with Crippen LogP contribution in [0.3, 0.4) is 0 Å². The van der Waals surface area contributed by atoms with Gasteiger partial charge in [0.2, 0.25) is 0 Å². The number of hydrogen-bond acceptors (Lipinski definition) is 6. The molecule has 0 radical (unpaired) electrons. The lowest BCUT2D eigenvalue weighted by Gasteiger charge is -2.12. The molecule has 1 aliphatic carbocycles. The van der Waals surface area contributed by atoms with Crippen molar-refractivity contribution in [1.82, 2.24) is 9.97 Å². The normalized spacial score (nSPS) is 15.7.